The standard InChI is InChI=1S/C23H30N2O3/c1-24(2)12-6-14-27-17-10-11-18-20(16-17)23(26)19-8-5-9-21(22(18)19)28-15-7-13-25(3)4/h5,8-11,16H,6-7,12-15H2,1-4H3. The number of ether oxygens (including phenoxy) is 2. The van der Waals surface area contributed by atoms with E-state index in [9.17, 15) is 4.79 Å². The molecule has 5 heteroatoms. The number of hydrogen-bond donors (Lipinski definition) is 0. The van der Waals surface area contributed by atoms with E-state index in [1.807, 2.05) is 50.5 Å². The number of rotatable bonds is 10. The first-order valence-corrected chi connectivity index (χ1v) is 9.84. The molecule has 0 radical (unpaired) electrons. The van der Waals surface area contributed by atoms with E-state index in [0.717, 1.165) is 48.6 Å². The van der Waals surface area contributed by atoms with Crippen molar-refractivity contribution in [1.29, 1.82) is 0 Å². The molecule has 28 heavy (non-hydrogen) atoms. The average Bonchev–Trinajstić information content (AvgIpc) is 2.95. The molecule has 0 heterocycles. The molecule has 0 N–H and O–H groups in total. The predicted octanol–water partition coefficient (Wildman–Crippen LogP) is 3.56. The molecular weight excluding hydrogens is 352 g/mol. The van der Waals surface area contributed by atoms with Crippen LogP contribution < -0.4 is 9.47 Å². The highest BCUT2D eigenvalue weighted by molar-refractivity contribution is 6.22. The van der Waals surface area contributed by atoms with Crippen molar-refractivity contribution < 1.29 is 14.3 Å². The summed E-state index contributed by atoms with van der Waals surface area (Å²) >= 11 is 0. The van der Waals surface area contributed by atoms with Gasteiger partial charge in [-0.25, -0.2) is 0 Å². The largest absolute Gasteiger partial charge is 0.494 e. The van der Waals surface area contributed by atoms with Gasteiger partial charge in [-0.15, -0.1) is 0 Å². The number of fused-ring (bicyclic) bond motifs is 3. The van der Waals surface area contributed by atoms with Crippen molar-refractivity contribution in [1.82, 2.24) is 9.80 Å². The minimum atomic E-state index is 0.0440. The van der Waals surface area contributed by atoms with E-state index in [1.165, 1.54) is 0 Å². The molecule has 1 aliphatic carbocycles. The fourth-order valence-electron chi connectivity index (χ4n) is 3.42. The highest BCUT2D eigenvalue weighted by atomic mass is 16.5. The van der Waals surface area contributed by atoms with E-state index in [-0.39, 0.29) is 5.78 Å². The Morgan fingerprint density at radius 1 is 0.786 bits per heavy atom. The summed E-state index contributed by atoms with van der Waals surface area (Å²) in [5.41, 5.74) is 3.25. The van der Waals surface area contributed by atoms with E-state index in [2.05, 4.69) is 23.9 Å². The molecule has 0 aliphatic heterocycles. The summed E-state index contributed by atoms with van der Waals surface area (Å²) in [6, 6.07) is 11.5. The maximum absolute atomic E-state index is 12.9. The Hall–Kier alpha value is -2.37. The van der Waals surface area contributed by atoms with Crippen molar-refractivity contribution >= 4 is 5.78 Å². The summed E-state index contributed by atoms with van der Waals surface area (Å²) in [5.74, 6) is 1.57. The maximum Gasteiger partial charge on any atom is 0.194 e. The first-order valence-electron chi connectivity index (χ1n) is 9.84. The van der Waals surface area contributed by atoms with Gasteiger partial charge in [0.2, 0.25) is 0 Å². The van der Waals surface area contributed by atoms with Gasteiger partial charge in [-0.1, -0.05) is 12.1 Å². The Morgan fingerprint density at radius 3 is 2.14 bits per heavy atom. The molecular formula is C23H30N2O3. The van der Waals surface area contributed by atoms with Crippen LogP contribution >= 0.6 is 0 Å². The molecule has 3 rings (SSSR count). The number of benzene rings is 2. The molecule has 0 fully saturated rings. The van der Waals surface area contributed by atoms with Crippen LogP contribution in [-0.4, -0.2) is 70.1 Å². The zero-order valence-corrected chi connectivity index (χ0v) is 17.3. The van der Waals surface area contributed by atoms with Crippen LogP contribution in [0.5, 0.6) is 11.5 Å². The van der Waals surface area contributed by atoms with Gasteiger partial charge in [0.15, 0.2) is 5.78 Å². The molecule has 0 atom stereocenters. The molecule has 0 saturated carbocycles. The highest BCUT2D eigenvalue weighted by Crippen LogP contribution is 2.43. The Morgan fingerprint density at radius 2 is 1.46 bits per heavy atom. The SMILES string of the molecule is CN(C)CCCOc1ccc2c(c1)C(=O)c1cccc(OCCCN(C)C)c1-2. The van der Waals surface area contributed by atoms with Crippen molar-refractivity contribution in [3.63, 3.8) is 0 Å². The molecule has 1 aliphatic rings. The molecule has 5 nitrogen and oxygen atoms in total. The predicted molar refractivity (Wildman–Crippen MR) is 113 cm³/mol. The molecule has 0 saturated heterocycles. The average molecular weight is 383 g/mol. The van der Waals surface area contributed by atoms with Crippen LogP contribution in [0.25, 0.3) is 11.1 Å². The molecule has 0 spiro atoms. The van der Waals surface area contributed by atoms with Crippen molar-refractivity contribution in [3.05, 3.63) is 47.5 Å². The lowest BCUT2D eigenvalue weighted by Crippen LogP contribution is -2.15. The van der Waals surface area contributed by atoms with Crippen molar-refractivity contribution in [2.24, 2.45) is 0 Å². The smallest absolute Gasteiger partial charge is 0.194 e. The van der Waals surface area contributed by atoms with Gasteiger partial charge >= 0.3 is 0 Å². The lowest BCUT2D eigenvalue weighted by atomic mass is 10.0. The summed E-state index contributed by atoms with van der Waals surface area (Å²) in [4.78, 5) is 17.2. The number of carbonyl (C=O) groups excluding carboxylic acids is 1. The molecule has 150 valence electrons. The Kier molecular flexibility index (Phi) is 6.70. The number of carbonyl (C=O) groups is 1. The van der Waals surface area contributed by atoms with E-state index in [0.29, 0.717) is 24.3 Å². The second-order valence-electron chi connectivity index (χ2n) is 7.73. The third-order valence-electron chi connectivity index (χ3n) is 4.80. The van der Waals surface area contributed by atoms with E-state index in [4.69, 9.17) is 9.47 Å². The van der Waals surface area contributed by atoms with Gasteiger partial charge in [-0.3, -0.25) is 4.79 Å². The van der Waals surface area contributed by atoms with Crippen molar-refractivity contribution in [2.45, 2.75) is 12.8 Å². The van der Waals surface area contributed by atoms with Gasteiger partial charge < -0.3 is 19.3 Å². The lowest BCUT2D eigenvalue weighted by molar-refractivity contribution is 0.104. The molecule has 2 aromatic carbocycles. The van der Waals surface area contributed by atoms with Gasteiger partial charge in [0.25, 0.3) is 0 Å². The molecule has 0 aromatic heterocycles. The van der Waals surface area contributed by atoms with Crippen LogP contribution in [0.3, 0.4) is 0 Å². The first kappa shape index (κ1) is 20.4. The van der Waals surface area contributed by atoms with Crippen molar-refractivity contribution in [2.75, 3.05) is 54.5 Å². The van der Waals surface area contributed by atoms with E-state index >= 15 is 0 Å². The quantitative estimate of drug-likeness (QED) is 0.502. The summed E-state index contributed by atoms with van der Waals surface area (Å²) < 4.78 is 11.9. The van der Waals surface area contributed by atoms with Crippen LogP contribution in [0, 0.1) is 0 Å². The number of hydrogen-bond acceptors (Lipinski definition) is 5. The summed E-state index contributed by atoms with van der Waals surface area (Å²) in [6.07, 6.45) is 1.89. The van der Waals surface area contributed by atoms with Gasteiger partial charge in [0.05, 0.1) is 13.2 Å². The van der Waals surface area contributed by atoms with Gasteiger partial charge in [-0.2, -0.15) is 0 Å². The lowest BCUT2D eigenvalue weighted by Gasteiger charge is -2.13. The molecule has 0 bridgehead atoms. The third-order valence-corrected chi connectivity index (χ3v) is 4.80. The second-order valence-corrected chi connectivity index (χ2v) is 7.73. The minimum Gasteiger partial charge on any atom is -0.494 e. The van der Waals surface area contributed by atoms with Crippen molar-refractivity contribution in [3.8, 4) is 22.6 Å². The Bertz CT molecular complexity index is 831. The van der Waals surface area contributed by atoms with Crippen LogP contribution in [0.2, 0.25) is 0 Å². The normalized spacial score (nSPS) is 12.4. The van der Waals surface area contributed by atoms with Crippen LogP contribution in [0.4, 0.5) is 0 Å². The maximum atomic E-state index is 12.9. The third kappa shape index (κ3) is 4.72. The number of nitrogens with zero attached hydrogens (tertiary/aromatic N) is 2. The monoisotopic (exact) mass is 382 g/mol. The van der Waals surface area contributed by atoms with E-state index < -0.39 is 0 Å². The summed E-state index contributed by atoms with van der Waals surface area (Å²) in [6.45, 7) is 3.21. The molecule has 0 amide bonds. The minimum absolute atomic E-state index is 0.0440. The number of ketones is 1. The topological polar surface area (TPSA) is 42.0 Å². The zero-order valence-electron chi connectivity index (χ0n) is 17.3. The van der Waals surface area contributed by atoms with E-state index in [1.54, 1.807) is 0 Å². The van der Waals surface area contributed by atoms with Gasteiger partial charge in [0, 0.05) is 29.8 Å². The summed E-state index contributed by atoms with van der Waals surface area (Å²) in [7, 11) is 8.20. The first-order chi connectivity index (χ1) is 13.5. The highest BCUT2D eigenvalue weighted by Gasteiger charge is 2.29. The zero-order chi connectivity index (χ0) is 20.1. The fraction of sp³-hybridized carbons (Fsp3) is 0.435. The summed E-state index contributed by atoms with van der Waals surface area (Å²) in [5, 5.41) is 0. The van der Waals surface area contributed by atoms with Crippen LogP contribution in [0.15, 0.2) is 36.4 Å². The molecule has 0 unspecified atom stereocenters. The fourth-order valence-corrected chi connectivity index (χ4v) is 3.42. The Labute approximate surface area is 167 Å². The second kappa shape index (κ2) is 9.22. The van der Waals surface area contributed by atoms with Gasteiger partial charge in [0.1, 0.15) is 11.5 Å². The van der Waals surface area contributed by atoms with Crippen LogP contribution in [-0.2, 0) is 0 Å². The Balaban J connectivity index is 1.74. The van der Waals surface area contributed by atoms with Gasteiger partial charge in [-0.05, 0) is 70.9 Å². The van der Waals surface area contributed by atoms with Crippen LogP contribution in [0.1, 0.15) is 28.8 Å². The molecule has 2 aromatic rings.